The van der Waals surface area contributed by atoms with Crippen molar-refractivity contribution >= 4 is 0 Å². The van der Waals surface area contributed by atoms with Gasteiger partial charge in [-0.15, -0.1) is 0 Å². The first-order chi connectivity index (χ1) is 7.18. The summed E-state index contributed by atoms with van der Waals surface area (Å²) in [5.41, 5.74) is 0. The van der Waals surface area contributed by atoms with Crippen molar-refractivity contribution in [1.82, 2.24) is 20.1 Å². The number of nitrogens with zero attached hydrogens (tertiary/aromatic N) is 3. The molecule has 0 amide bonds. The minimum Gasteiger partial charge on any atom is -0.389 e. The largest absolute Gasteiger partial charge is 0.389 e. The van der Waals surface area contributed by atoms with Gasteiger partial charge in [0.05, 0.1) is 24.8 Å². The van der Waals surface area contributed by atoms with E-state index in [1.807, 2.05) is 0 Å². The number of hydrogen-bond acceptors (Lipinski definition) is 6. The molecule has 7 heteroatoms. The van der Waals surface area contributed by atoms with Crippen LogP contribution in [0.1, 0.15) is 0 Å². The molecular weight excluding hydrogens is 200 g/mol. The maximum absolute atomic E-state index is 9.67. The molecule has 84 valence electrons. The fourth-order valence-corrected chi connectivity index (χ4v) is 1.68. The van der Waals surface area contributed by atoms with Crippen molar-refractivity contribution in [3.05, 3.63) is 12.7 Å². The van der Waals surface area contributed by atoms with E-state index in [2.05, 4.69) is 15.4 Å². The van der Waals surface area contributed by atoms with Crippen molar-refractivity contribution in [3.8, 4) is 0 Å². The molecule has 1 saturated heterocycles. The van der Waals surface area contributed by atoms with Crippen molar-refractivity contribution in [3.63, 3.8) is 0 Å². The van der Waals surface area contributed by atoms with Crippen LogP contribution in [-0.2, 0) is 6.54 Å². The van der Waals surface area contributed by atoms with Gasteiger partial charge >= 0.3 is 0 Å². The zero-order chi connectivity index (χ0) is 10.8. The smallest absolute Gasteiger partial charge is 0.137 e. The predicted molar refractivity (Wildman–Crippen MR) is 49.8 cm³/mol. The zero-order valence-corrected chi connectivity index (χ0v) is 8.06. The highest BCUT2D eigenvalue weighted by Crippen LogP contribution is 2.11. The van der Waals surface area contributed by atoms with Crippen molar-refractivity contribution in [2.24, 2.45) is 0 Å². The molecule has 0 aliphatic carbocycles. The Kier molecular flexibility index (Phi) is 2.96. The summed E-state index contributed by atoms with van der Waals surface area (Å²) < 4.78 is 1.56. The molecule has 15 heavy (non-hydrogen) atoms. The third-order valence-corrected chi connectivity index (χ3v) is 2.60. The van der Waals surface area contributed by atoms with Crippen LogP contribution in [0.15, 0.2) is 12.7 Å². The van der Waals surface area contributed by atoms with E-state index in [9.17, 15) is 15.3 Å². The molecule has 0 spiro atoms. The van der Waals surface area contributed by atoms with E-state index in [1.54, 1.807) is 4.68 Å². The molecular formula is C8H14N4O3. The average molecular weight is 214 g/mol. The standard InChI is InChI=1S/C8H14N4O3/c13-6-1-10-5(7(14)8(6)15)2-12-4-9-3-11-12/h3-8,10,13-15H,1-2H2/t5-,6+,7-,8+/m1/s1. The lowest BCUT2D eigenvalue weighted by Crippen LogP contribution is -2.60. The van der Waals surface area contributed by atoms with Crippen molar-refractivity contribution < 1.29 is 15.3 Å². The minimum absolute atomic E-state index is 0.261. The molecule has 2 heterocycles. The van der Waals surface area contributed by atoms with E-state index in [1.165, 1.54) is 12.7 Å². The minimum atomic E-state index is -1.11. The molecule has 4 N–H and O–H groups in total. The molecule has 1 aromatic rings. The Morgan fingerprint density at radius 3 is 2.80 bits per heavy atom. The van der Waals surface area contributed by atoms with Gasteiger partial charge in [-0.05, 0) is 0 Å². The van der Waals surface area contributed by atoms with E-state index in [-0.39, 0.29) is 12.6 Å². The first-order valence-electron chi connectivity index (χ1n) is 4.78. The van der Waals surface area contributed by atoms with Gasteiger partial charge in [-0.25, -0.2) is 4.98 Å². The third-order valence-electron chi connectivity index (χ3n) is 2.60. The first kappa shape index (κ1) is 10.5. The molecule has 1 aliphatic rings. The number of nitrogens with one attached hydrogen (secondary N) is 1. The van der Waals surface area contributed by atoms with Crippen LogP contribution in [0.3, 0.4) is 0 Å². The number of piperidine rings is 1. The Labute approximate surface area is 86.4 Å². The highest BCUT2D eigenvalue weighted by molar-refractivity contribution is 4.91. The Bertz CT molecular complexity index is 305. The van der Waals surface area contributed by atoms with Gasteiger partial charge in [-0.2, -0.15) is 5.10 Å². The van der Waals surface area contributed by atoms with E-state index >= 15 is 0 Å². The van der Waals surface area contributed by atoms with Crippen LogP contribution in [0.5, 0.6) is 0 Å². The molecule has 1 aliphatic heterocycles. The van der Waals surface area contributed by atoms with Crippen LogP contribution in [0, 0.1) is 0 Å². The lowest BCUT2D eigenvalue weighted by Gasteiger charge is -2.35. The van der Waals surface area contributed by atoms with E-state index in [0.29, 0.717) is 6.54 Å². The second-order valence-corrected chi connectivity index (χ2v) is 3.68. The van der Waals surface area contributed by atoms with E-state index in [0.717, 1.165) is 0 Å². The summed E-state index contributed by atoms with van der Waals surface area (Å²) in [4.78, 5) is 3.78. The van der Waals surface area contributed by atoms with Crippen LogP contribution in [0.2, 0.25) is 0 Å². The van der Waals surface area contributed by atoms with Crippen LogP contribution < -0.4 is 5.32 Å². The lowest BCUT2D eigenvalue weighted by molar-refractivity contribution is -0.0966. The molecule has 4 atom stereocenters. The summed E-state index contributed by atoms with van der Waals surface area (Å²) in [5.74, 6) is 0. The van der Waals surface area contributed by atoms with Crippen LogP contribution in [-0.4, -0.2) is 61.0 Å². The van der Waals surface area contributed by atoms with Crippen LogP contribution in [0.25, 0.3) is 0 Å². The molecule has 1 aromatic heterocycles. The Hall–Kier alpha value is -1.02. The summed E-state index contributed by atoms with van der Waals surface area (Å²) in [7, 11) is 0. The molecule has 7 nitrogen and oxygen atoms in total. The lowest BCUT2D eigenvalue weighted by atomic mass is 9.96. The molecule has 0 radical (unpaired) electrons. The highest BCUT2D eigenvalue weighted by Gasteiger charge is 2.36. The predicted octanol–water partition coefficient (Wildman–Crippen LogP) is -2.67. The maximum Gasteiger partial charge on any atom is 0.137 e. The number of rotatable bonds is 2. The fraction of sp³-hybridized carbons (Fsp3) is 0.750. The number of aliphatic hydroxyl groups is 3. The third kappa shape index (κ3) is 2.15. The normalized spacial score (nSPS) is 36.7. The molecule has 0 unspecified atom stereocenters. The van der Waals surface area contributed by atoms with E-state index < -0.39 is 18.3 Å². The number of hydrogen-bond donors (Lipinski definition) is 4. The van der Waals surface area contributed by atoms with Gasteiger partial charge in [-0.1, -0.05) is 0 Å². The Balaban J connectivity index is 1.98. The molecule has 2 rings (SSSR count). The van der Waals surface area contributed by atoms with Gasteiger partial charge < -0.3 is 20.6 Å². The average Bonchev–Trinajstić information content (AvgIpc) is 2.72. The fourth-order valence-electron chi connectivity index (χ4n) is 1.68. The maximum atomic E-state index is 9.67. The monoisotopic (exact) mass is 214 g/mol. The number of aromatic nitrogens is 3. The number of aliphatic hydroxyl groups excluding tert-OH is 3. The van der Waals surface area contributed by atoms with Crippen molar-refractivity contribution in [1.29, 1.82) is 0 Å². The van der Waals surface area contributed by atoms with Gasteiger partial charge in [0.2, 0.25) is 0 Å². The second kappa shape index (κ2) is 4.23. The summed E-state index contributed by atoms with van der Waals surface area (Å²) in [6, 6.07) is -0.329. The molecule has 0 saturated carbocycles. The first-order valence-corrected chi connectivity index (χ1v) is 4.78. The highest BCUT2D eigenvalue weighted by atomic mass is 16.4. The second-order valence-electron chi connectivity index (χ2n) is 3.68. The summed E-state index contributed by atoms with van der Waals surface area (Å²) >= 11 is 0. The SMILES string of the molecule is O[C@@H]1[C@H](O)[C@@H](Cn2cncn2)NC[C@@H]1O. The van der Waals surface area contributed by atoms with Gasteiger partial charge in [0, 0.05) is 6.54 Å². The molecule has 1 fully saturated rings. The van der Waals surface area contributed by atoms with E-state index in [4.69, 9.17) is 0 Å². The molecule has 0 bridgehead atoms. The van der Waals surface area contributed by atoms with Gasteiger partial charge in [-0.3, -0.25) is 4.68 Å². The summed E-state index contributed by atoms with van der Waals surface area (Å²) in [6.45, 7) is 0.669. The summed E-state index contributed by atoms with van der Waals surface area (Å²) in [5, 5.41) is 35.3. The van der Waals surface area contributed by atoms with Crippen molar-refractivity contribution in [2.45, 2.75) is 30.9 Å². The van der Waals surface area contributed by atoms with Crippen molar-refractivity contribution in [2.75, 3.05) is 6.54 Å². The summed E-state index contributed by atoms with van der Waals surface area (Å²) in [6.07, 6.45) is -0.100. The van der Waals surface area contributed by atoms with Gasteiger partial charge in [0.15, 0.2) is 0 Å². The number of β-amino-alcohol motifs (C(OH)–C–C–N with tert-alkyl or cyclic N) is 1. The van der Waals surface area contributed by atoms with Gasteiger partial charge in [0.1, 0.15) is 18.8 Å². The Morgan fingerprint density at radius 1 is 1.33 bits per heavy atom. The van der Waals surface area contributed by atoms with Crippen LogP contribution >= 0.6 is 0 Å². The quantitative estimate of drug-likeness (QED) is 0.428. The molecule has 0 aromatic carbocycles. The van der Waals surface area contributed by atoms with Gasteiger partial charge in [0.25, 0.3) is 0 Å². The zero-order valence-electron chi connectivity index (χ0n) is 8.06. The Morgan fingerprint density at radius 2 is 2.13 bits per heavy atom. The topological polar surface area (TPSA) is 103 Å². The van der Waals surface area contributed by atoms with Crippen LogP contribution in [0.4, 0.5) is 0 Å².